The number of rotatable bonds is 5. The lowest BCUT2D eigenvalue weighted by Gasteiger charge is -2.14. The Hall–Kier alpha value is -1.75. The van der Waals surface area contributed by atoms with Gasteiger partial charge in [-0.25, -0.2) is 0 Å². The van der Waals surface area contributed by atoms with E-state index in [4.69, 9.17) is 4.74 Å². The van der Waals surface area contributed by atoms with Crippen molar-refractivity contribution in [2.75, 3.05) is 24.3 Å². The SMILES string of the molecule is COc1ccc(NC(C)=O)cc1NCC(C)O. The first-order chi connectivity index (χ1) is 8.02. The van der Waals surface area contributed by atoms with E-state index in [9.17, 15) is 9.90 Å². The molecule has 5 nitrogen and oxygen atoms in total. The first kappa shape index (κ1) is 13.3. The molecule has 0 bridgehead atoms. The smallest absolute Gasteiger partial charge is 0.221 e. The predicted octanol–water partition coefficient (Wildman–Crippen LogP) is 1.45. The van der Waals surface area contributed by atoms with E-state index in [0.29, 0.717) is 18.0 Å². The summed E-state index contributed by atoms with van der Waals surface area (Å²) in [4.78, 5) is 10.9. The molecule has 0 aromatic heterocycles. The maximum atomic E-state index is 10.9. The molecule has 1 amide bonds. The van der Waals surface area contributed by atoms with Gasteiger partial charge in [-0.15, -0.1) is 0 Å². The number of amides is 1. The van der Waals surface area contributed by atoms with Crippen LogP contribution in [0.25, 0.3) is 0 Å². The van der Waals surface area contributed by atoms with Gasteiger partial charge in [-0.05, 0) is 25.1 Å². The van der Waals surface area contributed by atoms with Crippen molar-refractivity contribution in [1.29, 1.82) is 0 Å². The number of anilines is 2. The van der Waals surface area contributed by atoms with Crippen molar-refractivity contribution >= 4 is 17.3 Å². The van der Waals surface area contributed by atoms with Gasteiger partial charge in [0.05, 0.1) is 18.9 Å². The number of nitrogens with one attached hydrogen (secondary N) is 2. The fraction of sp³-hybridized carbons (Fsp3) is 0.417. The molecule has 0 radical (unpaired) electrons. The Morgan fingerprint density at radius 1 is 1.53 bits per heavy atom. The molecule has 3 N–H and O–H groups in total. The topological polar surface area (TPSA) is 70.6 Å². The standard InChI is InChI=1S/C12H18N2O3/c1-8(15)7-13-11-6-10(14-9(2)16)4-5-12(11)17-3/h4-6,8,13,15H,7H2,1-3H3,(H,14,16). The quantitative estimate of drug-likeness (QED) is 0.726. The van der Waals surface area contributed by atoms with Crippen molar-refractivity contribution in [2.45, 2.75) is 20.0 Å². The number of methoxy groups -OCH3 is 1. The van der Waals surface area contributed by atoms with Crippen LogP contribution in [0.1, 0.15) is 13.8 Å². The highest BCUT2D eigenvalue weighted by Crippen LogP contribution is 2.27. The van der Waals surface area contributed by atoms with Crippen LogP contribution in [0.2, 0.25) is 0 Å². The van der Waals surface area contributed by atoms with Crippen molar-refractivity contribution < 1.29 is 14.6 Å². The second-order valence-corrected chi connectivity index (χ2v) is 3.83. The van der Waals surface area contributed by atoms with Crippen molar-refractivity contribution in [3.63, 3.8) is 0 Å². The largest absolute Gasteiger partial charge is 0.495 e. The summed E-state index contributed by atoms with van der Waals surface area (Å²) < 4.78 is 5.18. The number of ether oxygens (including phenoxy) is 1. The fourth-order valence-electron chi connectivity index (χ4n) is 1.38. The van der Waals surface area contributed by atoms with Crippen LogP contribution >= 0.6 is 0 Å². The lowest BCUT2D eigenvalue weighted by molar-refractivity contribution is -0.114. The Morgan fingerprint density at radius 2 is 2.24 bits per heavy atom. The molecule has 1 unspecified atom stereocenters. The second kappa shape index (κ2) is 6.10. The van der Waals surface area contributed by atoms with Crippen molar-refractivity contribution in [2.24, 2.45) is 0 Å². The molecule has 17 heavy (non-hydrogen) atoms. The summed E-state index contributed by atoms with van der Waals surface area (Å²) in [5.41, 5.74) is 1.42. The predicted molar refractivity (Wildman–Crippen MR) is 67.5 cm³/mol. The molecule has 0 spiro atoms. The lowest BCUT2D eigenvalue weighted by Crippen LogP contribution is -2.16. The van der Waals surface area contributed by atoms with Crippen LogP contribution in [0, 0.1) is 0 Å². The van der Waals surface area contributed by atoms with E-state index >= 15 is 0 Å². The van der Waals surface area contributed by atoms with Gasteiger partial charge in [-0.1, -0.05) is 0 Å². The Labute approximate surface area is 101 Å². The number of aliphatic hydroxyl groups excluding tert-OH is 1. The van der Waals surface area contributed by atoms with Crippen LogP contribution in [0.5, 0.6) is 5.75 Å². The molecule has 0 fully saturated rings. The molecule has 1 aromatic carbocycles. The third-order valence-corrected chi connectivity index (χ3v) is 2.11. The van der Waals surface area contributed by atoms with E-state index in [-0.39, 0.29) is 5.91 Å². The zero-order valence-electron chi connectivity index (χ0n) is 10.3. The van der Waals surface area contributed by atoms with Crippen LogP contribution in [0.15, 0.2) is 18.2 Å². The second-order valence-electron chi connectivity index (χ2n) is 3.83. The number of carbonyl (C=O) groups excluding carboxylic acids is 1. The normalized spacial score (nSPS) is 11.8. The Kier molecular flexibility index (Phi) is 4.78. The fourth-order valence-corrected chi connectivity index (χ4v) is 1.38. The van der Waals surface area contributed by atoms with Gasteiger partial charge in [0.2, 0.25) is 5.91 Å². The van der Waals surface area contributed by atoms with Crippen LogP contribution in [0.4, 0.5) is 11.4 Å². The van der Waals surface area contributed by atoms with Crippen LogP contribution in [-0.4, -0.2) is 30.8 Å². The highest BCUT2D eigenvalue weighted by molar-refractivity contribution is 5.89. The minimum atomic E-state index is -0.455. The number of carbonyl (C=O) groups is 1. The average Bonchev–Trinajstić information content (AvgIpc) is 2.25. The van der Waals surface area contributed by atoms with E-state index in [1.807, 2.05) is 0 Å². The number of hydrogen-bond acceptors (Lipinski definition) is 4. The minimum absolute atomic E-state index is 0.128. The summed E-state index contributed by atoms with van der Waals surface area (Å²) in [7, 11) is 1.57. The Bertz CT molecular complexity index is 391. The monoisotopic (exact) mass is 238 g/mol. The third kappa shape index (κ3) is 4.32. The van der Waals surface area contributed by atoms with Gasteiger partial charge in [0, 0.05) is 19.2 Å². The summed E-state index contributed by atoms with van der Waals surface area (Å²) in [6, 6.07) is 5.28. The highest BCUT2D eigenvalue weighted by atomic mass is 16.5. The molecule has 0 saturated heterocycles. The van der Waals surface area contributed by atoms with Crippen LogP contribution < -0.4 is 15.4 Å². The van der Waals surface area contributed by atoms with E-state index in [0.717, 1.165) is 5.69 Å². The van der Waals surface area contributed by atoms with Gasteiger partial charge >= 0.3 is 0 Å². The molecule has 0 aliphatic carbocycles. The number of aliphatic hydroxyl groups is 1. The van der Waals surface area contributed by atoms with Gasteiger partial charge in [-0.2, -0.15) is 0 Å². The summed E-state index contributed by atoms with van der Waals surface area (Å²) >= 11 is 0. The van der Waals surface area contributed by atoms with Crippen LogP contribution in [-0.2, 0) is 4.79 Å². The maximum Gasteiger partial charge on any atom is 0.221 e. The summed E-state index contributed by atoms with van der Waals surface area (Å²) in [5, 5.41) is 15.0. The van der Waals surface area contributed by atoms with E-state index < -0.39 is 6.10 Å². The van der Waals surface area contributed by atoms with E-state index in [1.54, 1.807) is 32.2 Å². The minimum Gasteiger partial charge on any atom is -0.495 e. The van der Waals surface area contributed by atoms with Gasteiger partial charge in [0.15, 0.2) is 0 Å². The summed E-state index contributed by atoms with van der Waals surface area (Å²) in [6.07, 6.45) is -0.455. The third-order valence-electron chi connectivity index (χ3n) is 2.11. The molecule has 5 heteroatoms. The zero-order chi connectivity index (χ0) is 12.8. The molecule has 0 saturated carbocycles. The molecule has 1 aromatic rings. The van der Waals surface area contributed by atoms with Gasteiger partial charge in [0.1, 0.15) is 5.75 Å². The Morgan fingerprint density at radius 3 is 2.76 bits per heavy atom. The Balaban J connectivity index is 2.85. The van der Waals surface area contributed by atoms with Gasteiger partial charge < -0.3 is 20.5 Å². The van der Waals surface area contributed by atoms with Crippen molar-refractivity contribution in [3.05, 3.63) is 18.2 Å². The molecular weight excluding hydrogens is 220 g/mol. The molecular formula is C12H18N2O3. The summed E-state index contributed by atoms with van der Waals surface area (Å²) in [5.74, 6) is 0.538. The number of hydrogen-bond donors (Lipinski definition) is 3. The zero-order valence-corrected chi connectivity index (χ0v) is 10.3. The summed E-state index contributed by atoms with van der Waals surface area (Å²) in [6.45, 7) is 3.56. The molecule has 0 aliphatic heterocycles. The first-order valence-electron chi connectivity index (χ1n) is 5.40. The molecule has 0 aliphatic rings. The van der Waals surface area contributed by atoms with Crippen molar-refractivity contribution in [1.82, 2.24) is 0 Å². The molecule has 1 rings (SSSR count). The molecule has 0 heterocycles. The van der Waals surface area contributed by atoms with Crippen molar-refractivity contribution in [3.8, 4) is 5.75 Å². The molecule has 1 atom stereocenters. The highest BCUT2D eigenvalue weighted by Gasteiger charge is 2.06. The average molecular weight is 238 g/mol. The lowest BCUT2D eigenvalue weighted by atomic mass is 10.2. The molecule has 94 valence electrons. The first-order valence-corrected chi connectivity index (χ1v) is 5.40. The van der Waals surface area contributed by atoms with Gasteiger partial charge in [-0.3, -0.25) is 4.79 Å². The maximum absolute atomic E-state index is 10.9. The van der Waals surface area contributed by atoms with Gasteiger partial charge in [0.25, 0.3) is 0 Å². The number of benzene rings is 1. The van der Waals surface area contributed by atoms with E-state index in [1.165, 1.54) is 6.92 Å². The van der Waals surface area contributed by atoms with Crippen LogP contribution in [0.3, 0.4) is 0 Å². The van der Waals surface area contributed by atoms with E-state index in [2.05, 4.69) is 10.6 Å².